The molecule has 2 heterocycles. The Morgan fingerprint density at radius 2 is 2.33 bits per heavy atom. The molecule has 6 heteroatoms. The van der Waals surface area contributed by atoms with Gasteiger partial charge in [-0.1, -0.05) is 6.92 Å². The van der Waals surface area contributed by atoms with Crippen molar-refractivity contribution in [3.05, 3.63) is 18.2 Å². The maximum absolute atomic E-state index is 12.5. The number of thioether (sulfide) groups is 1. The van der Waals surface area contributed by atoms with E-state index in [1.54, 1.807) is 0 Å². The fraction of sp³-hybridized carbons (Fsp3) is 0.467. The Bertz CT molecular complexity index is 582. The minimum atomic E-state index is -0.450. The first-order valence-corrected chi connectivity index (χ1v) is 8.25. The van der Waals surface area contributed by atoms with E-state index in [9.17, 15) is 9.59 Å². The Labute approximate surface area is 128 Å². The van der Waals surface area contributed by atoms with E-state index >= 15 is 0 Å². The van der Waals surface area contributed by atoms with Crippen LogP contribution in [0.4, 0.5) is 11.4 Å². The van der Waals surface area contributed by atoms with Gasteiger partial charge in [-0.15, -0.1) is 11.8 Å². The molecule has 0 spiro atoms. The number of rotatable bonds is 3. The second-order valence-corrected chi connectivity index (χ2v) is 6.49. The van der Waals surface area contributed by atoms with Gasteiger partial charge in [-0.3, -0.25) is 9.59 Å². The molecule has 0 aliphatic carbocycles. The molecule has 0 aromatic heterocycles. The molecule has 3 N–H and O–H groups in total. The summed E-state index contributed by atoms with van der Waals surface area (Å²) in [4.78, 5) is 25.0. The highest BCUT2D eigenvalue weighted by Gasteiger charge is 2.39. The number of nitrogens with one attached hydrogen (secondary N) is 3. The predicted octanol–water partition coefficient (Wildman–Crippen LogP) is 2.20. The molecule has 1 fully saturated rings. The van der Waals surface area contributed by atoms with Gasteiger partial charge < -0.3 is 16.0 Å². The van der Waals surface area contributed by atoms with Gasteiger partial charge in [0.1, 0.15) is 0 Å². The van der Waals surface area contributed by atoms with E-state index in [0.717, 1.165) is 42.1 Å². The van der Waals surface area contributed by atoms with Crippen LogP contribution in [-0.2, 0) is 9.59 Å². The van der Waals surface area contributed by atoms with E-state index < -0.39 is 5.54 Å². The Morgan fingerprint density at radius 3 is 3.05 bits per heavy atom. The molecule has 5 nitrogen and oxygen atoms in total. The number of amides is 2. The molecule has 1 saturated heterocycles. The zero-order valence-corrected chi connectivity index (χ0v) is 12.8. The summed E-state index contributed by atoms with van der Waals surface area (Å²) in [6.45, 7) is 2.92. The van der Waals surface area contributed by atoms with Crippen LogP contribution >= 0.6 is 11.8 Å². The van der Waals surface area contributed by atoms with Crippen molar-refractivity contribution in [2.45, 2.75) is 36.6 Å². The average molecular weight is 305 g/mol. The number of fused-ring (bicyclic) bond motifs is 1. The van der Waals surface area contributed by atoms with Gasteiger partial charge in [0, 0.05) is 10.6 Å². The maximum Gasteiger partial charge on any atom is 0.244 e. The highest BCUT2D eigenvalue weighted by molar-refractivity contribution is 8.00. The van der Waals surface area contributed by atoms with Crippen molar-refractivity contribution in [1.82, 2.24) is 5.32 Å². The summed E-state index contributed by atoms with van der Waals surface area (Å²) >= 11 is 1.52. The number of anilines is 2. The number of carbonyl (C=O) groups is 2. The van der Waals surface area contributed by atoms with Gasteiger partial charge in [-0.05, 0) is 44.0 Å². The van der Waals surface area contributed by atoms with Crippen molar-refractivity contribution < 1.29 is 9.59 Å². The molecule has 3 rings (SSSR count). The van der Waals surface area contributed by atoms with Gasteiger partial charge in [0.05, 0.1) is 17.0 Å². The van der Waals surface area contributed by atoms with Crippen LogP contribution in [0, 0.1) is 0 Å². The van der Waals surface area contributed by atoms with Crippen LogP contribution in [0.2, 0.25) is 0 Å². The third-order valence-electron chi connectivity index (χ3n) is 4.15. The van der Waals surface area contributed by atoms with Crippen molar-refractivity contribution >= 4 is 35.0 Å². The lowest BCUT2D eigenvalue weighted by Gasteiger charge is -2.27. The van der Waals surface area contributed by atoms with Crippen LogP contribution in [0.25, 0.3) is 0 Å². The Balaban J connectivity index is 1.77. The van der Waals surface area contributed by atoms with Crippen molar-refractivity contribution in [3.63, 3.8) is 0 Å². The summed E-state index contributed by atoms with van der Waals surface area (Å²) in [6.07, 6.45) is 2.67. The van der Waals surface area contributed by atoms with Crippen molar-refractivity contribution in [2.75, 3.05) is 22.9 Å². The standard InChI is InChI=1S/C15H19N3O2S/c1-2-15(6-3-7-16-15)14(20)17-10-4-5-12-11(8-10)18-13(19)9-21-12/h4-5,8,16H,2-3,6-7,9H2,1H3,(H,17,20)(H,18,19). The molecule has 1 atom stereocenters. The van der Waals surface area contributed by atoms with E-state index in [1.807, 2.05) is 25.1 Å². The Morgan fingerprint density at radius 1 is 1.48 bits per heavy atom. The molecule has 1 unspecified atom stereocenters. The summed E-state index contributed by atoms with van der Waals surface area (Å²) in [5.74, 6) is 0.456. The fourth-order valence-electron chi connectivity index (χ4n) is 2.87. The summed E-state index contributed by atoms with van der Waals surface area (Å²) < 4.78 is 0. The predicted molar refractivity (Wildman–Crippen MR) is 84.7 cm³/mol. The summed E-state index contributed by atoms with van der Waals surface area (Å²) in [5.41, 5.74) is 1.05. The number of benzene rings is 1. The molecule has 0 saturated carbocycles. The number of hydrogen-bond acceptors (Lipinski definition) is 4. The molecule has 21 heavy (non-hydrogen) atoms. The maximum atomic E-state index is 12.5. The third-order valence-corrected chi connectivity index (χ3v) is 5.23. The molecule has 1 aromatic rings. The minimum Gasteiger partial charge on any atom is -0.324 e. The van der Waals surface area contributed by atoms with Crippen LogP contribution in [-0.4, -0.2) is 29.7 Å². The van der Waals surface area contributed by atoms with Crippen LogP contribution < -0.4 is 16.0 Å². The Kier molecular flexibility index (Phi) is 3.91. The van der Waals surface area contributed by atoms with Crippen LogP contribution in [0.3, 0.4) is 0 Å². The van der Waals surface area contributed by atoms with E-state index in [-0.39, 0.29) is 11.8 Å². The topological polar surface area (TPSA) is 70.2 Å². The average Bonchev–Trinajstić information content (AvgIpc) is 2.97. The molecule has 0 bridgehead atoms. The molecule has 2 amide bonds. The molecule has 2 aliphatic heterocycles. The largest absolute Gasteiger partial charge is 0.324 e. The minimum absolute atomic E-state index is 0.00142. The summed E-state index contributed by atoms with van der Waals surface area (Å²) in [5, 5.41) is 9.14. The molecule has 0 radical (unpaired) electrons. The summed E-state index contributed by atoms with van der Waals surface area (Å²) in [7, 11) is 0. The van der Waals surface area contributed by atoms with Crippen molar-refractivity contribution in [2.24, 2.45) is 0 Å². The lowest BCUT2D eigenvalue weighted by molar-refractivity contribution is -0.122. The SMILES string of the molecule is CCC1(C(=O)Nc2ccc3c(c2)NC(=O)CS3)CCCN1. The first-order valence-electron chi connectivity index (χ1n) is 7.26. The van der Waals surface area contributed by atoms with Crippen LogP contribution in [0.15, 0.2) is 23.1 Å². The molecular formula is C15H19N3O2S. The van der Waals surface area contributed by atoms with Gasteiger partial charge in [0.2, 0.25) is 11.8 Å². The zero-order valence-electron chi connectivity index (χ0n) is 12.0. The smallest absolute Gasteiger partial charge is 0.244 e. The van der Waals surface area contributed by atoms with E-state index in [0.29, 0.717) is 5.75 Å². The lowest BCUT2D eigenvalue weighted by atomic mass is 9.93. The lowest BCUT2D eigenvalue weighted by Crippen LogP contribution is -2.50. The van der Waals surface area contributed by atoms with Gasteiger partial charge >= 0.3 is 0 Å². The van der Waals surface area contributed by atoms with Gasteiger partial charge in [0.15, 0.2) is 0 Å². The second-order valence-electron chi connectivity index (χ2n) is 5.47. The van der Waals surface area contributed by atoms with Crippen LogP contribution in [0.5, 0.6) is 0 Å². The van der Waals surface area contributed by atoms with Gasteiger partial charge in [-0.25, -0.2) is 0 Å². The highest BCUT2D eigenvalue weighted by Crippen LogP contribution is 2.34. The Hall–Kier alpha value is -1.53. The van der Waals surface area contributed by atoms with E-state index in [1.165, 1.54) is 11.8 Å². The molecule has 112 valence electrons. The van der Waals surface area contributed by atoms with E-state index in [4.69, 9.17) is 0 Å². The van der Waals surface area contributed by atoms with Gasteiger partial charge in [0.25, 0.3) is 0 Å². The van der Waals surface area contributed by atoms with E-state index in [2.05, 4.69) is 16.0 Å². The summed E-state index contributed by atoms with van der Waals surface area (Å²) in [6, 6.07) is 5.66. The molecular weight excluding hydrogens is 286 g/mol. The molecule has 1 aromatic carbocycles. The fourth-order valence-corrected chi connectivity index (χ4v) is 3.66. The molecule has 2 aliphatic rings. The first kappa shape index (κ1) is 14.4. The normalized spacial score (nSPS) is 24.3. The van der Waals surface area contributed by atoms with Gasteiger partial charge in [-0.2, -0.15) is 0 Å². The first-order chi connectivity index (χ1) is 10.1. The number of carbonyl (C=O) groups excluding carboxylic acids is 2. The monoisotopic (exact) mass is 305 g/mol. The third kappa shape index (κ3) is 2.78. The second kappa shape index (κ2) is 5.69. The van der Waals surface area contributed by atoms with Crippen molar-refractivity contribution in [1.29, 1.82) is 0 Å². The highest BCUT2D eigenvalue weighted by atomic mass is 32.2. The quantitative estimate of drug-likeness (QED) is 0.801. The number of hydrogen-bond donors (Lipinski definition) is 3. The zero-order chi connectivity index (χ0) is 14.9. The van der Waals surface area contributed by atoms with Crippen LogP contribution in [0.1, 0.15) is 26.2 Å². The van der Waals surface area contributed by atoms with Crippen molar-refractivity contribution in [3.8, 4) is 0 Å².